The number of aromatic nitrogens is 1. The number of aliphatic carboxylic acids is 1. The van der Waals surface area contributed by atoms with E-state index >= 15 is 0 Å². The summed E-state index contributed by atoms with van der Waals surface area (Å²) in [6, 6.07) is 18.5. The minimum atomic E-state index is -1.02. The first-order valence-electron chi connectivity index (χ1n) is 12.6. The summed E-state index contributed by atoms with van der Waals surface area (Å²) in [6.07, 6.45) is 5.12. The highest BCUT2D eigenvalue weighted by molar-refractivity contribution is 9.10. The standard InChI is InChI=1S/C29H27BrN2O5/c30-26-14-31-12-10-25(26)29(37-17-27(33)34)11-9-19-13-18(29)15-32(19)28(35)36-16-24-22-7-3-1-5-20(22)21-6-2-4-8-23(21)24/h1-8,10,12,14,18-19,24H,9,11,13,15-17H2,(H,33,34). The van der Waals surface area contributed by atoms with Crippen molar-refractivity contribution in [1.82, 2.24) is 9.88 Å². The van der Waals surface area contributed by atoms with Crippen LogP contribution < -0.4 is 0 Å². The van der Waals surface area contributed by atoms with E-state index in [-0.39, 0.29) is 30.6 Å². The van der Waals surface area contributed by atoms with Crippen LogP contribution >= 0.6 is 15.9 Å². The number of benzene rings is 2. The number of pyridine rings is 1. The number of nitrogens with zero attached hydrogens (tertiary/aromatic N) is 2. The van der Waals surface area contributed by atoms with Crippen molar-refractivity contribution in [3.63, 3.8) is 0 Å². The number of ether oxygens (including phenoxy) is 2. The number of hydrogen-bond acceptors (Lipinski definition) is 5. The number of rotatable bonds is 6. The second kappa shape index (κ2) is 9.58. The molecular weight excluding hydrogens is 536 g/mol. The lowest BCUT2D eigenvalue weighted by molar-refractivity contribution is -0.158. The molecule has 3 aromatic rings. The first-order chi connectivity index (χ1) is 18.0. The Morgan fingerprint density at radius 1 is 1.08 bits per heavy atom. The van der Waals surface area contributed by atoms with Crippen molar-refractivity contribution in [1.29, 1.82) is 0 Å². The van der Waals surface area contributed by atoms with Gasteiger partial charge in [-0.15, -0.1) is 0 Å². The summed E-state index contributed by atoms with van der Waals surface area (Å²) in [7, 11) is 0. The number of carboxylic acids is 1. The van der Waals surface area contributed by atoms with Gasteiger partial charge in [0.2, 0.25) is 0 Å². The third-order valence-electron chi connectivity index (χ3n) is 8.18. The van der Waals surface area contributed by atoms with Crippen LogP contribution in [0, 0.1) is 5.92 Å². The minimum absolute atomic E-state index is 0.00379. The van der Waals surface area contributed by atoms with Crippen LogP contribution in [0.15, 0.2) is 71.5 Å². The average molecular weight is 563 g/mol. The van der Waals surface area contributed by atoms with Crippen LogP contribution in [-0.4, -0.2) is 52.9 Å². The Morgan fingerprint density at radius 3 is 2.46 bits per heavy atom. The van der Waals surface area contributed by atoms with E-state index in [9.17, 15) is 14.7 Å². The molecule has 1 aliphatic heterocycles. The van der Waals surface area contributed by atoms with Crippen molar-refractivity contribution in [2.24, 2.45) is 5.92 Å². The molecule has 6 rings (SSSR count). The summed E-state index contributed by atoms with van der Waals surface area (Å²) in [5.41, 5.74) is 4.82. The third kappa shape index (κ3) is 4.12. The van der Waals surface area contributed by atoms with Crippen LogP contribution in [0.3, 0.4) is 0 Å². The maximum atomic E-state index is 13.4. The maximum Gasteiger partial charge on any atom is 0.410 e. The van der Waals surface area contributed by atoms with E-state index in [4.69, 9.17) is 9.47 Å². The largest absolute Gasteiger partial charge is 0.480 e. The Balaban J connectivity index is 1.21. The SMILES string of the molecule is O=C(O)COC1(c2ccncc2Br)CCC2CC1CN2C(=O)OCC1c2ccccc2-c2ccccc21. The molecule has 2 bridgehead atoms. The highest BCUT2D eigenvalue weighted by Crippen LogP contribution is 2.52. The fourth-order valence-corrected chi connectivity index (χ4v) is 7.13. The van der Waals surface area contributed by atoms with Crippen LogP contribution in [0.1, 0.15) is 41.9 Å². The molecule has 1 aromatic heterocycles. The predicted molar refractivity (Wildman–Crippen MR) is 140 cm³/mol. The van der Waals surface area contributed by atoms with E-state index < -0.39 is 18.2 Å². The van der Waals surface area contributed by atoms with E-state index in [0.29, 0.717) is 19.4 Å². The van der Waals surface area contributed by atoms with E-state index in [1.807, 2.05) is 35.2 Å². The summed E-state index contributed by atoms with van der Waals surface area (Å²) < 4.78 is 12.9. The molecule has 2 aliphatic carbocycles. The normalized spacial score (nSPS) is 24.0. The van der Waals surface area contributed by atoms with Gasteiger partial charge in [0.1, 0.15) is 13.2 Å². The average Bonchev–Trinajstić information content (AvgIpc) is 3.44. The molecule has 190 valence electrons. The van der Waals surface area contributed by atoms with Gasteiger partial charge in [0.15, 0.2) is 0 Å². The molecule has 8 heteroatoms. The maximum absolute atomic E-state index is 13.4. The molecule has 1 N–H and O–H groups in total. The molecule has 1 saturated carbocycles. The minimum Gasteiger partial charge on any atom is -0.480 e. The monoisotopic (exact) mass is 562 g/mol. The zero-order chi connectivity index (χ0) is 25.6. The number of likely N-dealkylation sites (tertiary alicyclic amines) is 1. The van der Waals surface area contributed by atoms with Crippen molar-refractivity contribution >= 4 is 28.0 Å². The van der Waals surface area contributed by atoms with E-state index in [0.717, 1.165) is 16.5 Å². The zero-order valence-corrected chi connectivity index (χ0v) is 21.8. The number of hydrogen-bond donors (Lipinski definition) is 1. The lowest BCUT2D eigenvalue weighted by Gasteiger charge is -2.42. The molecule has 3 atom stereocenters. The van der Waals surface area contributed by atoms with Gasteiger partial charge < -0.3 is 19.5 Å². The molecule has 3 unspecified atom stereocenters. The molecule has 2 fully saturated rings. The predicted octanol–water partition coefficient (Wildman–Crippen LogP) is 5.57. The van der Waals surface area contributed by atoms with E-state index in [2.05, 4.69) is 45.2 Å². The lowest BCUT2D eigenvalue weighted by Crippen LogP contribution is -2.43. The van der Waals surface area contributed by atoms with Crippen molar-refractivity contribution in [3.05, 3.63) is 88.2 Å². The van der Waals surface area contributed by atoms with Crippen molar-refractivity contribution in [3.8, 4) is 11.1 Å². The molecule has 0 radical (unpaired) electrons. The Kier molecular flexibility index (Phi) is 6.24. The smallest absolute Gasteiger partial charge is 0.410 e. The molecule has 3 aliphatic rings. The van der Waals surface area contributed by atoms with Crippen LogP contribution in [0.25, 0.3) is 11.1 Å². The van der Waals surface area contributed by atoms with Gasteiger partial charge >= 0.3 is 12.1 Å². The van der Waals surface area contributed by atoms with Gasteiger partial charge in [0.25, 0.3) is 0 Å². The summed E-state index contributed by atoms with van der Waals surface area (Å²) in [4.78, 5) is 30.8. The first kappa shape index (κ1) is 24.1. The Bertz CT molecular complexity index is 1320. The van der Waals surface area contributed by atoms with Gasteiger partial charge in [-0.25, -0.2) is 9.59 Å². The Labute approximate surface area is 223 Å². The number of amides is 1. The van der Waals surface area contributed by atoms with Gasteiger partial charge in [-0.05, 0) is 63.5 Å². The molecule has 1 amide bonds. The molecule has 0 spiro atoms. The molecule has 2 heterocycles. The highest BCUT2D eigenvalue weighted by Gasteiger charge is 2.54. The molecule has 7 nitrogen and oxygen atoms in total. The van der Waals surface area contributed by atoms with Gasteiger partial charge in [-0.3, -0.25) is 4.98 Å². The lowest BCUT2D eigenvalue weighted by atomic mass is 9.72. The number of halogens is 1. The summed E-state index contributed by atoms with van der Waals surface area (Å²) >= 11 is 3.58. The second-order valence-corrected chi connectivity index (χ2v) is 10.9. The van der Waals surface area contributed by atoms with Gasteiger partial charge in [0.05, 0.1) is 5.60 Å². The van der Waals surface area contributed by atoms with Crippen LogP contribution in [0.2, 0.25) is 0 Å². The topological polar surface area (TPSA) is 89.0 Å². The highest BCUT2D eigenvalue weighted by atomic mass is 79.9. The van der Waals surface area contributed by atoms with Crippen molar-refractivity contribution < 1.29 is 24.2 Å². The summed E-state index contributed by atoms with van der Waals surface area (Å²) in [5, 5.41) is 9.36. The van der Waals surface area contributed by atoms with Crippen LogP contribution in [0.5, 0.6) is 0 Å². The van der Waals surface area contributed by atoms with Gasteiger partial charge in [-0.1, -0.05) is 48.5 Å². The number of carboxylic acid groups (broad SMARTS) is 1. The summed E-state index contributed by atoms with van der Waals surface area (Å²) in [6.45, 7) is 0.327. The first-order valence-corrected chi connectivity index (χ1v) is 13.3. The second-order valence-electron chi connectivity index (χ2n) is 10.0. The fraction of sp³-hybridized carbons (Fsp3) is 0.345. The van der Waals surface area contributed by atoms with Crippen molar-refractivity contribution in [2.45, 2.75) is 36.8 Å². The Morgan fingerprint density at radius 2 is 1.78 bits per heavy atom. The van der Waals surface area contributed by atoms with Crippen LogP contribution in [0.4, 0.5) is 4.79 Å². The van der Waals surface area contributed by atoms with Gasteiger partial charge in [-0.2, -0.15) is 0 Å². The quantitative estimate of drug-likeness (QED) is 0.422. The number of carbonyl (C=O) groups is 2. The molecule has 1 saturated heterocycles. The van der Waals surface area contributed by atoms with Gasteiger partial charge in [0, 0.05) is 46.9 Å². The van der Waals surface area contributed by atoms with Crippen molar-refractivity contribution in [2.75, 3.05) is 19.8 Å². The summed E-state index contributed by atoms with van der Waals surface area (Å²) in [5.74, 6) is -1.06. The third-order valence-corrected chi connectivity index (χ3v) is 8.81. The molecule has 37 heavy (non-hydrogen) atoms. The van der Waals surface area contributed by atoms with E-state index in [1.165, 1.54) is 22.3 Å². The number of fused-ring (bicyclic) bond motifs is 5. The molecular formula is C29H27BrN2O5. The Hall–Kier alpha value is -3.23. The van der Waals surface area contributed by atoms with Crippen LogP contribution in [-0.2, 0) is 19.9 Å². The number of carbonyl (C=O) groups excluding carboxylic acids is 1. The molecule has 2 aromatic carbocycles. The zero-order valence-electron chi connectivity index (χ0n) is 20.2. The van der Waals surface area contributed by atoms with E-state index in [1.54, 1.807) is 12.4 Å². The fourth-order valence-electron chi connectivity index (χ4n) is 6.55.